The van der Waals surface area contributed by atoms with Crippen molar-refractivity contribution in [3.8, 4) is 11.6 Å². The number of aromatic nitrogens is 1. The average molecular weight is 250 g/mol. The lowest BCUT2D eigenvalue weighted by molar-refractivity contribution is 0.467. The largest absolute Gasteiger partial charge is 0.438 e. The number of nitrogens with zero attached hydrogens (tertiary/aromatic N) is 1. The molecule has 0 saturated heterocycles. The molecule has 1 heterocycles. The van der Waals surface area contributed by atoms with Crippen molar-refractivity contribution in [1.29, 1.82) is 0 Å². The minimum Gasteiger partial charge on any atom is -0.438 e. The van der Waals surface area contributed by atoms with Crippen LogP contribution >= 0.6 is 0 Å². The van der Waals surface area contributed by atoms with Crippen LogP contribution < -0.4 is 10.5 Å². The van der Waals surface area contributed by atoms with Crippen molar-refractivity contribution in [2.45, 2.75) is 6.54 Å². The molecule has 0 saturated carbocycles. The van der Waals surface area contributed by atoms with Crippen LogP contribution in [0.4, 0.5) is 0 Å². The molecule has 19 heavy (non-hydrogen) atoms. The topological polar surface area (TPSA) is 48.1 Å². The minimum absolute atomic E-state index is 0.399. The van der Waals surface area contributed by atoms with Crippen LogP contribution in [-0.4, -0.2) is 4.98 Å². The second kappa shape index (κ2) is 5.08. The van der Waals surface area contributed by atoms with E-state index in [-0.39, 0.29) is 0 Å². The zero-order valence-electron chi connectivity index (χ0n) is 10.4. The lowest BCUT2D eigenvalue weighted by Gasteiger charge is -2.09. The third-order valence-electron chi connectivity index (χ3n) is 2.93. The lowest BCUT2D eigenvalue weighted by atomic mass is 10.1. The third kappa shape index (κ3) is 2.41. The third-order valence-corrected chi connectivity index (χ3v) is 2.93. The molecule has 94 valence electrons. The van der Waals surface area contributed by atoms with Crippen LogP contribution in [0.15, 0.2) is 60.7 Å². The Hall–Kier alpha value is -2.39. The molecule has 0 fully saturated rings. The maximum atomic E-state index is 5.87. The summed E-state index contributed by atoms with van der Waals surface area (Å²) in [6, 6.07) is 19.6. The van der Waals surface area contributed by atoms with Gasteiger partial charge < -0.3 is 10.5 Å². The molecule has 0 spiro atoms. The molecule has 0 bridgehead atoms. The number of pyridine rings is 1. The molecule has 0 aliphatic rings. The van der Waals surface area contributed by atoms with Gasteiger partial charge in [0.2, 0.25) is 5.88 Å². The van der Waals surface area contributed by atoms with Gasteiger partial charge in [-0.3, -0.25) is 0 Å². The number of rotatable bonds is 3. The van der Waals surface area contributed by atoms with Gasteiger partial charge in [0.1, 0.15) is 5.75 Å². The zero-order valence-corrected chi connectivity index (χ0v) is 10.4. The number of benzene rings is 2. The van der Waals surface area contributed by atoms with Crippen molar-refractivity contribution in [3.63, 3.8) is 0 Å². The SMILES string of the molecule is NCc1cc2ccccc2c(Oc2ccccc2)n1. The fourth-order valence-corrected chi connectivity index (χ4v) is 2.00. The Morgan fingerprint density at radius 3 is 2.47 bits per heavy atom. The van der Waals surface area contributed by atoms with Gasteiger partial charge >= 0.3 is 0 Å². The number of hydrogen-bond acceptors (Lipinski definition) is 3. The van der Waals surface area contributed by atoms with Gasteiger partial charge in [-0.1, -0.05) is 36.4 Å². The number of nitrogens with two attached hydrogens (primary N) is 1. The molecule has 2 aromatic carbocycles. The first-order chi connectivity index (χ1) is 9.36. The van der Waals surface area contributed by atoms with Gasteiger partial charge in [0.25, 0.3) is 0 Å². The van der Waals surface area contributed by atoms with Crippen LogP contribution in [0, 0.1) is 0 Å². The summed E-state index contributed by atoms with van der Waals surface area (Å²) in [4.78, 5) is 4.47. The molecule has 2 N–H and O–H groups in total. The molecule has 0 amide bonds. The number of ether oxygens (including phenoxy) is 1. The van der Waals surface area contributed by atoms with Gasteiger partial charge in [0.15, 0.2) is 0 Å². The van der Waals surface area contributed by atoms with Crippen molar-refractivity contribution in [3.05, 3.63) is 66.4 Å². The summed E-state index contributed by atoms with van der Waals surface area (Å²) >= 11 is 0. The van der Waals surface area contributed by atoms with E-state index in [4.69, 9.17) is 10.5 Å². The summed E-state index contributed by atoms with van der Waals surface area (Å²) in [7, 11) is 0. The van der Waals surface area contributed by atoms with E-state index in [1.807, 2.05) is 60.7 Å². The highest BCUT2D eigenvalue weighted by Gasteiger charge is 2.07. The maximum absolute atomic E-state index is 5.87. The molecule has 0 aliphatic heterocycles. The molecule has 0 radical (unpaired) electrons. The molecule has 1 aromatic heterocycles. The molecular formula is C16H14N2O. The first kappa shape index (κ1) is 11.7. The Bertz CT molecular complexity index is 695. The molecule has 3 rings (SSSR count). The normalized spacial score (nSPS) is 10.6. The lowest BCUT2D eigenvalue weighted by Crippen LogP contribution is -2.01. The Balaban J connectivity index is 2.11. The van der Waals surface area contributed by atoms with Crippen molar-refractivity contribution < 1.29 is 4.74 Å². The summed E-state index contributed by atoms with van der Waals surface area (Å²) in [6.07, 6.45) is 0. The van der Waals surface area contributed by atoms with E-state index in [1.165, 1.54) is 0 Å². The second-order valence-corrected chi connectivity index (χ2v) is 4.26. The second-order valence-electron chi connectivity index (χ2n) is 4.26. The van der Waals surface area contributed by atoms with Crippen molar-refractivity contribution >= 4 is 10.8 Å². The van der Waals surface area contributed by atoms with Gasteiger partial charge in [0, 0.05) is 11.9 Å². The Labute approximate surface area is 111 Å². The standard InChI is InChI=1S/C16H14N2O/c17-11-13-10-12-6-4-5-9-15(12)16(18-13)19-14-7-2-1-3-8-14/h1-10H,11,17H2. The number of para-hydroxylation sites is 1. The smallest absolute Gasteiger partial charge is 0.227 e. The van der Waals surface area contributed by atoms with Crippen LogP contribution in [0.3, 0.4) is 0 Å². The molecule has 3 aromatic rings. The first-order valence-electron chi connectivity index (χ1n) is 6.18. The molecular weight excluding hydrogens is 236 g/mol. The van der Waals surface area contributed by atoms with Crippen LogP contribution in [0.25, 0.3) is 10.8 Å². The molecule has 0 unspecified atom stereocenters. The van der Waals surface area contributed by atoms with Crippen molar-refractivity contribution in [2.24, 2.45) is 5.73 Å². The van der Waals surface area contributed by atoms with E-state index >= 15 is 0 Å². The van der Waals surface area contributed by atoms with Crippen molar-refractivity contribution in [1.82, 2.24) is 4.98 Å². The fraction of sp³-hybridized carbons (Fsp3) is 0.0625. The van der Waals surface area contributed by atoms with E-state index in [1.54, 1.807) is 0 Å². The van der Waals surface area contributed by atoms with Gasteiger partial charge in [-0.2, -0.15) is 0 Å². The summed E-state index contributed by atoms with van der Waals surface area (Å²) in [5.41, 5.74) is 6.51. The van der Waals surface area contributed by atoms with E-state index in [0.717, 1.165) is 22.2 Å². The first-order valence-corrected chi connectivity index (χ1v) is 6.18. The minimum atomic E-state index is 0.399. The number of hydrogen-bond donors (Lipinski definition) is 1. The quantitative estimate of drug-likeness (QED) is 0.774. The Kier molecular flexibility index (Phi) is 3.12. The number of fused-ring (bicyclic) bond motifs is 1. The molecule has 0 atom stereocenters. The zero-order chi connectivity index (χ0) is 13.1. The Morgan fingerprint density at radius 2 is 1.68 bits per heavy atom. The van der Waals surface area contributed by atoms with E-state index in [2.05, 4.69) is 4.98 Å². The van der Waals surface area contributed by atoms with Crippen molar-refractivity contribution in [2.75, 3.05) is 0 Å². The van der Waals surface area contributed by atoms with Gasteiger partial charge in [-0.15, -0.1) is 0 Å². The molecule has 3 heteroatoms. The van der Waals surface area contributed by atoms with Gasteiger partial charge in [0.05, 0.1) is 5.69 Å². The van der Waals surface area contributed by atoms with Crippen LogP contribution in [0.2, 0.25) is 0 Å². The molecule has 3 nitrogen and oxygen atoms in total. The van der Waals surface area contributed by atoms with Crippen LogP contribution in [-0.2, 0) is 6.54 Å². The van der Waals surface area contributed by atoms with Crippen LogP contribution in [0.5, 0.6) is 11.6 Å². The summed E-state index contributed by atoms with van der Waals surface area (Å²) in [5, 5.41) is 2.08. The summed E-state index contributed by atoms with van der Waals surface area (Å²) in [6.45, 7) is 0.399. The van der Waals surface area contributed by atoms with Crippen LogP contribution in [0.1, 0.15) is 5.69 Å². The van der Waals surface area contributed by atoms with E-state index in [9.17, 15) is 0 Å². The van der Waals surface area contributed by atoms with E-state index in [0.29, 0.717) is 12.4 Å². The fourth-order valence-electron chi connectivity index (χ4n) is 2.00. The summed E-state index contributed by atoms with van der Waals surface area (Å²) < 4.78 is 5.87. The van der Waals surface area contributed by atoms with E-state index < -0.39 is 0 Å². The highest BCUT2D eigenvalue weighted by atomic mass is 16.5. The highest BCUT2D eigenvalue weighted by Crippen LogP contribution is 2.28. The monoisotopic (exact) mass is 250 g/mol. The molecule has 0 aliphatic carbocycles. The predicted molar refractivity (Wildman–Crippen MR) is 76.2 cm³/mol. The predicted octanol–water partition coefficient (Wildman–Crippen LogP) is 3.49. The Morgan fingerprint density at radius 1 is 0.947 bits per heavy atom. The summed E-state index contributed by atoms with van der Waals surface area (Å²) in [5.74, 6) is 1.37. The highest BCUT2D eigenvalue weighted by molar-refractivity contribution is 5.87. The average Bonchev–Trinajstić information content (AvgIpc) is 2.48. The van der Waals surface area contributed by atoms with Gasteiger partial charge in [-0.05, 0) is 29.7 Å². The van der Waals surface area contributed by atoms with Gasteiger partial charge in [-0.25, -0.2) is 4.98 Å². The maximum Gasteiger partial charge on any atom is 0.227 e.